The van der Waals surface area contributed by atoms with E-state index in [1.807, 2.05) is 0 Å². The molecule has 0 aromatic heterocycles. The summed E-state index contributed by atoms with van der Waals surface area (Å²) < 4.78 is 24.3. The lowest BCUT2D eigenvalue weighted by Crippen LogP contribution is -2.51. The average Bonchev–Trinajstić information content (AvgIpc) is 3.00. The van der Waals surface area contributed by atoms with Crippen LogP contribution in [0.15, 0.2) is 24.3 Å². The van der Waals surface area contributed by atoms with Crippen molar-refractivity contribution in [1.82, 2.24) is 9.80 Å². The molecule has 0 saturated carbocycles. The number of hydrogen-bond donors (Lipinski definition) is 1. The van der Waals surface area contributed by atoms with Gasteiger partial charge < -0.3 is 14.6 Å². The van der Waals surface area contributed by atoms with Crippen molar-refractivity contribution < 1.29 is 19.0 Å². The summed E-state index contributed by atoms with van der Waals surface area (Å²) in [5, 5.41) is 10.4. The van der Waals surface area contributed by atoms with Crippen molar-refractivity contribution in [3.8, 4) is 5.75 Å². The van der Waals surface area contributed by atoms with Gasteiger partial charge in [-0.3, -0.25) is 9.80 Å². The molecule has 0 aliphatic carbocycles. The second-order valence-electron chi connectivity index (χ2n) is 7.69. The standard InChI is InChI=1S/C20H31FN2O3/c1-15-10-22(11-16(2)26-15)12-18-4-3-9-23(18)13-19(24)14-25-20-7-5-17(21)6-8-20/h5-8,15-16,18-19,24H,3-4,9-14H2,1-2H3/t15-,16+,18-,19-/m0/s1. The molecule has 0 amide bonds. The lowest BCUT2D eigenvalue weighted by Gasteiger charge is -2.38. The van der Waals surface area contributed by atoms with Crippen LogP contribution in [-0.2, 0) is 4.74 Å². The summed E-state index contributed by atoms with van der Waals surface area (Å²) in [5.74, 6) is 0.296. The van der Waals surface area contributed by atoms with E-state index < -0.39 is 6.10 Å². The van der Waals surface area contributed by atoms with Gasteiger partial charge in [-0.15, -0.1) is 0 Å². The summed E-state index contributed by atoms with van der Waals surface area (Å²) in [5.41, 5.74) is 0. The van der Waals surface area contributed by atoms with Gasteiger partial charge in [0.25, 0.3) is 0 Å². The Morgan fingerprint density at radius 2 is 1.92 bits per heavy atom. The summed E-state index contributed by atoms with van der Waals surface area (Å²) in [6.07, 6.45) is 2.35. The summed E-state index contributed by atoms with van der Waals surface area (Å²) in [6, 6.07) is 6.38. The molecule has 2 saturated heterocycles. The maximum Gasteiger partial charge on any atom is 0.123 e. The van der Waals surface area contributed by atoms with E-state index in [0.717, 1.165) is 26.2 Å². The Morgan fingerprint density at radius 3 is 2.62 bits per heavy atom. The summed E-state index contributed by atoms with van der Waals surface area (Å²) in [4.78, 5) is 4.87. The first-order valence-corrected chi connectivity index (χ1v) is 9.68. The number of β-amino-alcohol motifs (C(OH)–C–C–N with tert-alkyl or cyclic N) is 1. The first-order valence-electron chi connectivity index (χ1n) is 9.68. The van der Waals surface area contributed by atoms with Crippen molar-refractivity contribution in [3.63, 3.8) is 0 Å². The van der Waals surface area contributed by atoms with Crippen LogP contribution in [0.3, 0.4) is 0 Å². The van der Waals surface area contributed by atoms with Crippen molar-refractivity contribution >= 4 is 0 Å². The maximum atomic E-state index is 12.9. The number of ether oxygens (including phenoxy) is 2. The molecule has 2 fully saturated rings. The lowest BCUT2D eigenvalue weighted by atomic mass is 10.1. The third kappa shape index (κ3) is 5.64. The number of aliphatic hydroxyl groups excluding tert-OH is 1. The molecule has 4 atom stereocenters. The van der Waals surface area contributed by atoms with E-state index in [0.29, 0.717) is 18.3 Å². The highest BCUT2D eigenvalue weighted by Crippen LogP contribution is 2.21. The Kier molecular flexibility index (Phi) is 6.86. The van der Waals surface area contributed by atoms with Crippen LogP contribution in [0.25, 0.3) is 0 Å². The number of morpholine rings is 1. The monoisotopic (exact) mass is 366 g/mol. The first kappa shape index (κ1) is 19.5. The molecule has 26 heavy (non-hydrogen) atoms. The van der Waals surface area contributed by atoms with E-state index in [4.69, 9.17) is 9.47 Å². The fourth-order valence-electron chi connectivity index (χ4n) is 4.12. The van der Waals surface area contributed by atoms with Crippen molar-refractivity contribution in [3.05, 3.63) is 30.1 Å². The molecule has 0 unspecified atom stereocenters. The van der Waals surface area contributed by atoms with Crippen LogP contribution >= 0.6 is 0 Å². The molecule has 2 aliphatic rings. The van der Waals surface area contributed by atoms with Gasteiger partial charge in [-0.1, -0.05) is 0 Å². The fourth-order valence-corrected chi connectivity index (χ4v) is 4.12. The molecule has 3 rings (SSSR count). The zero-order valence-corrected chi connectivity index (χ0v) is 15.8. The van der Waals surface area contributed by atoms with Crippen LogP contribution in [0.1, 0.15) is 26.7 Å². The predicted molar refractivity (Wildman–Crippen MR) is 98.9 cm³/mol. The Labute approximate surface area is 155 Å². The molecule has 2 heterocycles. The highest BCUT2D eigenvalue weighted by Gasteiger charge is 2.30. The minimum atomic E-state index is -0.553. The van der Waals surface area contributed by atoms with Crippen molar-refractivity contribution in [2.45, 2.75) is 51.0 Å². The number of halogens is 1. The van der Waals surface area contributed by atoms with Gasteiger partial charge in [0.1, 0.15) is 24.3 Å². The van der Waals surface area contributed by atoms with Gasteiger partial charge in [0.05, 0.1) is 12.2 Å². The largest absolute Gasteiger partial charge is 0.491 e. The number of likely N-dealkylation sites (tertiary alicyclic amines) is 1. The van der Waals surface area contributed by atoms with Gasteiger partial charge in [0, 0.05) is 32.2 Å². The molecule has 0 radical (unpaired) electrons. The maximum absolute atomic E-state index is 12.9. The first-order chi connectivity index (χ1) is 12.5. The second-order valence-corrected chi connectivity index (χ2v) is 7.69. The van der Waals surface area contributed by atoms with E-state index in [2.05, 4.69) is 23.6 Å². The Morgan fingerprint density at radius 1 is 1.23 bits per heavy atom. The van der Waals surface area contributed by atoms with Crippen LogP contribution in [0.4, 0.5) is 4.39 Å². The van der Waals surface area contributed by atoms with E-state index in [9.17, 15) is 9.50 Å². The minimum absolute atomic E-state index is 0.223. The van der Waals surface area contributed by atoms with Crippen molar-refractivity contribution in [2.24, 2.45) is 0 Å². The number of benzene rings is 1. The third-order valence-corrected chi connectivity index (χ3v) is 5.16. The third-order valence-electron chi connectivity index (χ3n) is 5.16. The molecule has 0 bridgehead atoms. The van der Waals surface area contributed by atoms with Crippen molar-refractivity contribution in [1.29, 1.82) is 0 Å². The molecule has 1 N–H and O–H groups in total. The minimum Gasteiger partial charge on any atom is -0.491 e. The number of nitrogens with zero attached hydrogens (tertiary/aromatic N) is 2. The average molecular weight is 366 g/mol. The van der Waals surface area contributed by atoms with E-state index >= 15 is 0 Å². The molecule has 5 nitrogen and oxygen atoms in total. The topological polar surface area (TPSA) is 45.2 Å². The summed E-state index contributed by atoms with van der Waals surface area (Å²) in [7, 11) is 0. The number of rotatable bonds is 7. The van der Waals surface area contributed by atoms with Crippen LogP contribution in [0, 0.1) is 5.82 Å². The summed E-state index contributed by atoms with van der Waals surface area (Å²) in [6.45, 7) is 9.10. The molecule has 1 aromatic carbocycles. The summed E-state index contributed by atoms with van der Waals surface area (Å²) >= 11 is 0. The lowest BCUT2D eigenvalue weighted by molar-refractivity contribution is -0.0731. The van der Waals surface area contributed by atoms with Crippen LogP contribution in [0.5, 0.6) is 5.75 Å². The van der Waals surface area contributed by atoms with Gasteiger partial charge in [0.2, 0.25) is 0 Å². The Balaban J connectivity index is 1.44. The van der Waals surface area contributed by atoms with E-state index in [1.54, 1.807) is 12.1 Å². The van der Waals surface area contributed by atoms with E-state index in [-0.39, 0.29) is 24.6 Å². The zero-order valence-electron chi connectivity index (χ0n) is 15.8. The Hall–Kier alpha value is -1.21. The molecule has 6 heteroatoms. The normalized spacial score (nSPS) is 29.0. The smallest absolute Gasteiger partial charge is 0.123 e. The predicted octanol–water partition coefficient (Wildman–Crippen LogP) is 2.14. The molecule has 2 aliphatic heterocycles. The quantitative estimate of drug-likeness (QED) is 0.801. The molecule has 1 aromatic rings. The van der Waals surface area contributed by atoms with Gasteiger partial charge in [-0.2, -0.15) is 0 Å². The highest BCUT2D eigenvalue weighted by molar-refractivity contribution is 5.22. The van der Waals surface area contributed by atoms with Crippen LogP contribution < -0.4 is 4.74 Å². The molecule has 0 spiro atoms. The fraction of sp³-hybridized carbons (Fsp3) is 0.700. The van der Waals surface area contributed by atoms with Gasteiger partial charge in [0.15, 0.2) is 0 Å². The second kappa shape index (κ2) is 9.13. The number of aliphatic hydroxyl groups is 1. The van der Waals surface area contributed by atoms with Gasteiger partial charge in [-0.25, -0.2) is 4.39 Å². The van der Waals surface area contributed by atoms with Crippen LogP contribution in [0.2, 0.25) is 0 Å². The highest BCUT2D eigenvalue weighted by atomic mass is 19.1. The van der Waals surface area contributed by atoms with Crippen LogP contribution in [-0.4, -0.2) is 78.6 Å². The molecular weight excluding hydrogens is 335 g/mol. The van der Waals surface area contributed by atoms with Crippen molar-refractivity contribution in [2.75, 3.05) is 39.3 Å². The van der Waals surface area contributed by atoms with Gasteiger partial charge >= 0.3 is 0 Å². The molecule has 146 valence electrons. The number of hydrogen-bond acceptors (Lipinski definition) is 5. The zero-order chi connectivity index (χ0) is 18.5. The SMILES string of the molecule is C[C@@H]1CN(C[C@@H]2CCCN2C[C@H](O)COc2ccc(F)cc2)C[C@H](C)O1. The Bertz CT molecular complexity index is 546. The van der Waals surface area contributed by atoms with Gasteiger partial charge in [-0.05, 0) is 57.5 Å². The molecular formula is C20H31FN2O3. The van der Waals surface area contributed by atoms with E-state index in [1.165, 1.54) is 25.0 Å².